The van der Waals surface area contributed by atoms with E-state index >= 15 is 0 Å². The Hall–Kier alpha value is -1.73. The maximum Gasteiger partial charge on any atom is 0.242 e. The number of nitrogens with one attached hydrogen (secondary N) is 1. The lowest BCUT2D eigenvalue weighted by molar-refractivity contribution is -0.122. The van der Waals surface area contributed by atoms with Crippen LogP contribution in [0.3, 0.4) is 0 Å². The van der Waals surface area contributed by atoms with Crippen LogP contribution in [-0.4, -0.2) is 64.8 Å². The van der Waals surface area contributed by atoms with Crippen molar-refractivity contribution in [3.63, 3.8) is 0 Å². The van der Waals surface area contributed by atoms with Crippen molar-refractivity contribution in [2.45, 2.75) is 58.7 Å². The molecule has 0 spiro atoms. The molecule has 1 amide bonds. The summed E-state index contributed by atoms with van der Waals surface area (Å²) in [5, 5.41) is 7.46. The summed E-state index contributed by atoms with van der Waals surface area (Å²) in [6, 6.07) is 0.285. The highest BCUT2D eigenvalue weighted by Crippen LogP contribution is 2.19. The van der Waals surface area contributed by atoms with Crippen LogP contribution < -0.4 is 5.32 Å². The van der Waals surface area contributed by atoms with Gasteiger partial charge in [0.25, 0.3) is 0 Å². The molecule has 1 N–H and O–H groups in total. The highest BCUT2D eigenvalue weighted by Gasteiger charge is 2.34. The fourth-order valence-electron chi connectivity index (χ4n) is 4.04. The number of aryl methyl sites for hydroxylation is 1. The molecule has 0 aromatic carbocycles. The zero-order valence-corrected chi connectivity index (χ0v) is 15.4. The van der Waals surface area contributed by atoms with Gasteiger partial charge in [-0.05, 0) is 46.7 Å². The van der Waals surface area contributed by atoms with Crippen LogP contribution in [0.1, 0.15) is 47.9 Å². The minimum absolute atomic E-state index is 0.0176. The van der Waals surface area contributed by atoms with Gasteiger partial charge in [-0.3, -0.25) is 19.2 Å². The first-order valence-corrected chi connectivity index (χ1v) is 9.13. The number of carbonyl (C=O) groups is 2. The summed E-state index contributed by atoms with van der Waals surface area (Å²) in [6.07, 6.45) is 3.73. The average Bonchev–Trinajstić information content (AvgIpc) is 3.13. The predicted octanol–water partition coefficient (Wildman–Crippen LogP) is 1.07. The number of carbonyl (C=O) groups excluding carboxylic acids is 2. The van der Waals surface area contributed by atoms with E-state index in [1.54, 1.807) is 11.6 Å². The van der Waals surface area contributed by atoms with Gasteiger partial charge in [0.15, 0.2) is 5.78 Å². The summed E-state index contributed by atoms with van der Waals surface area (Å²) in [5.74, 6) is -0.103. The first kappa shape index (κ1) is 18.1. The second-order valence-electron chi connectivity index (χ2n) is 7.14. The van der Waals surface area contributed by atoms with Crippen molar-refractivity contribution < 1.29 is 14.3 Å². The third-order valence-electron chi connectivity index (χ3n) is 5.28. The monoisotopic (exact) mass is 348 g/mol. The van der Waals surface area contributed by atoms with Gasteiger partial charge in [-0.1, -0.05) is 6.42 Å². The molecule has 25 heavy (non-hydrogen) atoms. The summed E-state index contributed by atoms with van der Waals surface area (Å²) in [4.78, 5) is 26.7. The Kier molecular flexibility index (Phi) is 5.54. The lowest BCUT2D eigenvalue weighted by Crippen LogP contribution is -2.53. The highest BCUT2D eigenvalue weighted by molar-refractivity contribution is 5.96. The number of nitrogens with zero attached hydrogens (tertiary/aromatic N) is 3. The Morgan fingerprint density at radius 1 is 1.20 bits per heavy atom. The maximum absolute atomic E-state index is 12.5. The number of ketones is 1. The van der Waals surface area contributed by atoms with Gasteiger partial charge in [0, 0.05) is 5.69 Å². The normalized spacial score (nSPS) is 24.4. The molecule has 2 atom stereocenters. The number of hydrogen-bond donors (Lipinski definition) is 1. The Morgan fingerprint density at radius 3 is 2.56 bits per heavy atom. The Bertz CT molecular complexity index is 649. The van der Waals surface area contributed by atoms with Crippen molar-refractivity contribution in [3.8, 4) is 0 Å². The van der Waals surface area contributed by atoms with Crippen LogP contribution in [-0.2, 0) is 16.1 Å². The Morgan fingerprint density at radius 2 is 1.92 bits per heavy atom. The van der Waals surface area contributed by atoms with E-state index in [1.165, 1.54) is 26.2 Å². The van der Waals surface area contributed by atoms with E-state index in [0.717, 1.165) is 18.8 Å². The molecule has 0 radical (unpaired) electrons. The number of hydrogen-bond acceptors (Lipinski definition) is 5. The summed E-state index contributed by atoms with van der Waals surface area (Å²) in [5.41, 5.74) is 2.03. The van der Waals surface area contributed by atoms with Crippen molar-refractivity contribution in [2.24, 2.45) is 0 Å². The Labute approximate surface area is 148 Å². The van der Waals surface area contributed by atoms with Gasteiger partial charge >= 0.3 is 0 Å². The van der Waals surface area contributed by atoms with Crippen LogP contribution in [0, 0.1) is 13.8 Å². The smallest absolute Gasteiger partial charge is 0.242 e. The third-order valence-corrected chi connectivity index (χ3v) is 5.28. The molecule has 0 aliphatic carbocycles. The van der Waals surface area contributed by atoms with Gasteiger partial charge in [-0.2, -0.15) is 5.10 Å². The minimum atomic E-state index is -0.0850. The van der Waals surface area contributed by atoms with E-state index in [0.29, 0.717) is 24.5 Å². The molecule has 1 aromatic heterocycles. The SMILES string of the molecule is CC(=O)c1c(C)nn(CC(=O)N[C@@H]2COC[C@H]2N2CCCCC2)c1C. The minimum Gasteiger partial charge on any atom is -0.378 e. The van der Waals surface area contributed by atoms with Gasteiger partial charge in [0.1, 0.15) is 6.54 Å². The number of piperidine rings is 1. The van der Waals surface area contributed by atoms with Crippen LogP contribution >= 0.6 is 0 Å². The van der Waals surface area contributed by atoms with Gasteiger partial charge in [-0.15, -0.1) is 0 Å². The second-order valence-corrected chi connectivity index (χ2v) is 7.14. The predicted molar refractivity (Wildman–Crippen MR) is 93.7 cm³/mol. The van der Waals surface area contributed by atoms with Crippen molar-refractivity contribution in [1.29, 1.82) is 0 Å². The van der Waals surface area contributed by atoms with Crippen LogP contribution in [0.4, 0.5) is 0 Å². The quantitative estimate of drug-likeness (QED) is 0.806. The summed E-state index contributed by atoms with van der Waals surface area (Å²) in [7, 11) is 0. The average molecular weight is 348 g/mol. The van der Waals surface area contributed by atoms with Crippen molar-refractivity contribution >= 4 is 11.7 Å². The van der Waals surface area contributed by atoms with E-state index in [1.807, 2.05) is 6.92 Å². The first-order chi connectivity index (χ1) is 12.0. The summed E-state index contributed by atoms with van der Waals surface area (Å²) in [6.45, 7) is 8.69. The molecule has 0 bridgehead atoms. The zero-order chi connectivity index (χ0) is 18.0. The van der Waals surface area contributed by atoms with Gasteiger partial charge in [-0.25, -0.2) is 0 Å². The molecule has 7 heteroatoms. The largest absolute Gasteiger partial charge is 0.378 e. The molecule has 3 rings (SSSR count). The van der Waals surface area contributed by atoms with Crippen LogP contribution in [0.5, 0.6) is 0 Å². The summed E-state index contributed by atoms with van der Waals surface area (Å²) < 4.78 is 7.25. The van der Waals surface area contributed by atoms with Crippen molar-refractivity contribution in [3.05, 3.63) is 17.0 Å². The molecule has 2 aliphatic rings. The zero-order valence-electron chi connectivity index (χ0n) is 15.4. The number of likely N-dealkylation sites (tertiary alicyclic amines) is 1. The lowest BCUT2D eigenvalue weighted by Gasteiger charge is -2.34. The standard InChI is InChI=1S/C18H28N4O3/c1-12-18(14(3)23)13(2)22(20-12)9-17(24)19-15-10-25-11-16(15)21-7-5-4-6-8-21/h15-16H,4-11H2,1-3H3,(H,19,24)/t15-,16-/m1/s1. The van der Waals surface area contributed by atoms with Crippen molar-refractivity contribution in [2.75, 3.05) is 26.3 Å². The molecular weight excluding hydrogens is 320 g/mol. The fourth-order valence-corrected chi connectivity index (χ4v) is 4.04. The van der Waals surface area contributed by atoms with Crippen molar-refractivity contribution in [1.82, 2.24) is 20.0 Å². The Balaban J connectivity index is 1.62. The number of ether oxygens (including phenoxy) is 1. The fraction of sp³-hybridized carbons (Fsp3) is 0.722. The lowest BCUT2D eigenvalue weighted by atomic mass is 10.0. The van der Waals surface area contributed by atoms with Crippen LogP contribution in [0.2, 0.25) is 0 Å². The molecule has 3 heterocycles. The number of aromatic nitrogens is 2. The number of rotatable bonds is 5. The summed E-state index contributed by atoms with van der Waals surface area (Å²) >= 11 is 0. The molecule has 1 aromatic rings. The second kappa shape index (κ2) is 7.66. The van der Waals surface area contributed by atoms with Crippen LogP contribution in [0.15, 0.2) is 0 Å². The molecule has 2 fully saturated rings. The van der Waals surface area contributed by atoms with Crippen LogP contribution in [0.25, 0.3) is 0 Å². The molecule has 2 saturated heterocycles. The van der Waals surface area contributed by atoms with Gasteiger partial charge in [0.2, 0.25) is 5.91 Å². The van der Waals surface area contributed by atoms with E-state index in [-0.39, 0.29) is 30.3 Å². The first-order valence-electron chi connectivity index (χ1n) is 9.13. The van der Waals surface area contributed by atoms with E-state index in [4.69, 9.17) is 4.74 Å². The number of Topliss-reactive ketones (excluding diaryl/α,β-unsaturated/α-hetero) is 1. The molecule has 7 nitrogen and oxygen atoms in total. The molecule has 0 saturated carbocycles. The highest BCUT2D eigenvalue weighted by atomic mass is 16.5. The van der Waals surface area contributed by atoms with E-state index in [2.05, 4.69) is 15.3 Å². The molecule has 0 unspecified atom stereocenters. The van der Waals surface area contributed by atoms with E-state index in [9.17, 15) is 9.59 Å². The number of amides is 1. The third kappa shape index (κ3) is 3.93. The maximum atomic E-state index is 12.5. The van der Waals surface area contributed by atoms with Gasteiger partial charge < -0.3 is 10.1 Å². The molecule has 138 valence electrons. The topological polar surface area (TPSA) is 76.5 Å². The van der Waals surface area contributed by atoms with Gasteiger partial charge in [0.05, 0.1) is 36.6 Å². The van der Waals surface area contributed by atoms with E-state index < -0.39 is 0 Å². The molecule has 2 aliphatic heterocycles. The molecular formula is C18H28N4O3.